The van der Waals surface area contributed by atoms with Crippen molar-refractivity contribution in [3.8, 4) is 11.4 Å². The maximum absolute atomic E-state index is 14.9. The third-order valence-corrected chi connectivity index (χ3v) is 8.45. The summed E-state index contributed by atoms with van der Waals surface area (Å²) in [5, 5.41) is 12.9. The van der Waals surface area contributed by atoms with Crippen molar-refractivity contribution < 1.29 is 28.6 Å². The Kier molecular flexibility index (Phi) is 9.29. The van der Waals surface area contributed by atoms with Gasteiger partial charge >= 0.3 is 6.09 Å². The highest BCUT2D eigenvalue weighted by Gasteiger charge is 2.40. The number of ether oxygens (including phenoxy) is 1. The molecule has 1 aromatic carbocycles. The topological polar surface area (TPSA) is 125 Å². The number of carbonyl (C=O) groups excluding carboxylic acids is 3. The van der Waals surface area contributed by atoms with E-state index in [4.69, 9.17) is 4.74 Å². The minimum Gasteiger partial charge on any atom is -0.444 e. The quantitative estimate of drug-likeness (QED) is 0.481. The van der Waals surface area contributed by atoms with Gasteiger partial charge in [0.05, 0.1) is 17.2 Å². The van der Waals surface area contributed by atoms with Gasteiger partial charge in [-0.1, -0.05) is 18.9 Å². The van der Waals surface area contributed by atoms with Gasteiger partial charge in [-0.25, -0.2) is 19.2 Å². The van der Waals surface area contributed by atoms with Crippen LogP contribution in [0.3, 0.4) is 0 Å². The molecule has 1 aliphatic heterocycles. The molecule has 2 atom stereocenters. The van der Waals surface area contributed by atoms with E-state index in [1.807, 2.05) is 25.7 Å². The first-order valence-corrected chi connectivity index (χ1v) is 15.4. The molecule has 43 heavy (non-hydrogen) atoms. The largest absolute Gasteiger partial charge is 0.444 e. The molecule has 1 aromatic heterocycles. The minimum atomic E-state index is -0.694. The van der Waals surface area contributed by atoms with E-state index in [-0.39, 0.29) is 41.4 Å². The van der Waals surface area contributed by atoms with Crippen molar-refractivity contribution in [1.82, 2.24) is 25.1 Å². The lowest BCUT2D eigenvalue weighted by molar-refractivity contribution is 0.0142. The Morgan fingerprint density at radius 2 is 1.67 bits per heavy atom. The molecule has 5 rings (SSSR count). The van der Waals surface area contributed by atoms with E-state index in [2.05, 4.69) is 15.3 Å². The summed E-state index contributed by atoms with van der Waals surface area (Å²) < 4.78 is 20.4. The summed E-state index contributed by atoms with van der Waals surface area (Å²) in [6.45, 7) is 6.88. The number of hydrogen-bond acceptors (Lipinski definition) is 7. The minimum absolute atomic E-state index is 0.00697. The highest BCUT2D eigenvalue weighted by molar-refractivity contribution is 5.95. The number of benzene rings is 1. The molecule has 232 valence electrons. The normalized spacial score (nSPS) is 21.3. The molecule has 0 spiro atoms. The van der Waals surface area contributed by atoms with Gasteiger partial charge in [-0.2, -0.15) is 0 Å². The Labute approximate surface area is 252 Å². The van der Waals surface area contributed by atoms with Crippen LogP contribution in [0.25, 0.3) is 11.4 Å². The maximum Gasteiger partial charge on any atom is 0.410 e. The van der Waals surface area contributed by atoms with E-state index in [1.165, 1.54) is 24.5 Å². The average molecular weight is 596 g/mol. The van der Waals surface area contributed by atoms with Crippen LogP contribution in [0.2, 0.25) is 0 Å². The summed E-state index contributed by atoms with van der Waals surface area (Å²) in [6, 6.07) is 4.38. The van der Waals surface area contributed by atoms with Crippen LogP contribution in [0.4, 0.5) is 9.18 Å². The van der Waals surface area contributed by atoms with Gasteiger partial charge in [0.2, 0.25) is 0 Å². The SMILES string of the molecule is CC(C)(C)OC(=O)N1CCC(N(C(=O)c2cnc(-c3ccc(C(=O)NCC4CCCCC4O)c(F)c3)nc2)C2CC2)CC1. The molecule has 1 saturated heterocycles. The van der Waals surface area contributed by atoms with Crippen molar-refractivity contribution in [1.29, 1.82) is 0 Å². The molecule has 3 aliphatic rings. The second-order valence-electron chi connectivity index (χ2n) is 13.0. The highest BCUT2D eigenvalue weighted by Crippen LogP contribution is 2.33. The highest BCUT2D eigenvalue weighted by atomic mass is 19.1. The lowest BCUT2D eigenvalue weighted by Crippen LogP contribution is -2.50. The number of nitrogens with one attached hydrogen (secondary N) is 1. The number of hydrogen-bond donors (Lipinski definition) is 2. The molecule has 2 unspecified atom stereocenters. The maximum atomic E-state index is 14.9. The summed E-state index contributed by atoms with van der Waals surface area (Å²) in [4.78, 5) is 51.0. The summed E-state index contributed by atoms with van der Waals surface area (Å²) in [5.74, 6) is -1.14. The molecule has 0 bridgehead atoms. The third-order valence-electron chi connectivity index (χ3n) is 8.45. The smallest absolute Gasteiger partial charge is 0.410 e. The van der Waals surface area contributed by atoms with Crippen molar-refractivity contribution in [2.45, 2.75) is 95.9 Å². The second kappa shape index (κ2) is 13.0. The van der Waals surface area contributed by atoms with Crippen molar-refractivity contribution in [2.24, 2.45) is 5.92 Å². The number of amides is 3. The number of rotatable bonds is 7. The molecule has 0 radical (unpaired) electrons. The van der Waals surface area contributed by atoms with Gasteiger partial charge in [0.15, 0.2) is 5.82 Å². The Bertz CT molecular complexity index is 1320. The van der Waals surface area contributed by atoms with E-state index < -0.39 is 23.4 Å². The third kappa shape index (κ3) is 7.68. The standard InChI is InChI=1S/C32H42FN5O5/c1-32(2,3)43-31(42)37-14-12-24(13-15-37)38(23-9-10-23)30(41)22-18-34-28(35-19-22)20-8-11-25(26(33)16-20)29(40)36-17-21-6-4-5-7-27(21)39/h8,11,16,18-19,21,23-24,27,39H,4-7,9-10,12-15,17H2,1-3H3,(H,36,40). The van der Waals surface area contributed by atoms with Crippen LogP contribution in [0.1, 0.15) is 92.9 Å². The zero-order valence-corrected chi connectivity index (χ0v) is 25.2. The lowest BCUT2D eigenvalue weighted by atomic mass is 9.86. The Morgan fingerprint density at radius 1 is 1.02 bits per heavy atom. The van der Waals surface area contributed by atoms with E-state index in [9.17, 15) is 23.9 Å². The Balaban J connectivity index is 1.20. The van der Waals surface area contributed by atoms with Crippen LogP contribution in [0.5, 0.6) is 0 Å². The van der Waals surface area contributed by atoms with Crippen LogP contribution in [0.15, 0.2) is 30.6 Å². The molecule has 3 fully saturated rings. The molecule has 3 amide bonds. The second-order valence-corrected chi connectivity index (χ2v) is 13.0. The van der Waals surface area contributed by atoms with Crippen LogP contribution < -0.4 is 5.32 Å². The van der Waals surface area contributed by atoms with Crippen LogP contribution >= 0.6 is 0 Å². The van der Waals surface area contributed by atoms with Crippen LogP contribution in [-0.4, -0.2) is 86.2 Å². The number of aromatic nitrogens is 2. The molecule has 10 nitrogen and oxygen atoms in total. The van der Waals surface area contributed by atoms with E-state index >= 15 is 0 Å². The average Bonchev–Trinajstić information content (AvgIpc) is 3.81. The van der Waals surface area contributed by atoms with E-state index in [0.717, 1.165) is 38.5 Å². The van der Waals surface area contributed by atoms with Gasteiger partial charge in [-0.3, -0.25) is 9.59 Å². The van der Waals surface area contributed by atoms with E-state index in [1.54, 1.807) is 11.0 Å². The zero-order valence-electron chi connectivity index (χ0n) is 25.2. The number of halogens is 1. The zero-order chi connectivity index (χ0) is 30.7. The predicted molar refractivity (Wildman–Crippen MR) is 158 cm³/mol. The fraction of sp³-hybridized carbons (Fsp3) is 0.594. The Morgan fingerprint density at radius 3 is 2.28 bits per heavy atom. The molecule has 2 aromatic rings. The van der Waals surface area contributed by atoms with Crippen LogP contribution in [0, 0.1) is 11.7 Å². The van der Waals surface area contributed by atoms with Gasteiger partial charge in [-0.05, 0) is 71.4 Å². The molecule has 2 heterocycles. The first-order chi connectivity index (χ1) is 20.5. The van der Waals surface area contributed by atoms with Gasteiger partial charge in [0.25, 0.3) is 11.8 Å². The summed E-state index contributed by atoms with van der Waals surface area (Å²) in [5.41, 5.74) is 0.104. The first-order valence-electron chi connectivity index (χ1n) is 15.4. The number of piperidine rings is 1. The fourth-order valence-corrected chi connectivity index (χ4v) is 5.96. The van der Waals surface area contributed by atoms with Crippen molar-refractivity contribution in [2.75, 3.05) is 19.6 Å². The summed E-state index contributed by atoms with van der Waals surface area (Å²) in [6.07, 6.45) is 8.93. The molecule has 2 saturated carbocycles. The van der Waals surface area contributed by atoms with Crippen molar-refractivity contribution >= 4 is 17.9 Å². The fourth-order valence-electron chi connectivity index (χ4n) is 5.96. The number of carbonyl (C=O) groups is 3. The monoisotopic (exact) mass is 595 g/mol. The molecule has 2 N–H and O–H groups in total. The number of likely N-dealkylation sites (tertiary alicyclic amines) is 1. The number of aliphatic hydroxyl groups is 1. The predicted octanol–water partition coefficient (Wildman–Crippen LogP) is 4.57. The summed E-state index contributed by atoms with van der Waals surface area (Å²) in [7, 11) is 0. The summed E-state index contributed by atoms with van der Waals surface area (Å²) >= 11 is 0. The molecular formula is C32H42FN5O5. The lowest BCUT2D eigenvalue weighted by Gasteiger charge is -2.39. The van der Waals surface area contributed by atoms with Crippen LogP contribution in [-0.2, 0) is 4.74 Å². The van der Waals surface area contributed by atoms with Gasteiger partial charge in [0.1, 0.15) is 11.4 Å². The van der Waals surface area contributed by atoms with Gasteiger partial charge in [-0.15, -0.1) is 0 Å². The molecule has 2 aliphatic carbocycles. The number of nitrogens with zero attached hydrogens (tertiary/aromatic N) is 4. The number of aliphatic hydroxyl groups excluding tert-OH is 1. The molecule has 11 heteroatoms. The van der Waals surface area contributed by atoms with Gasteiger partial charge in [0, 0.05) is 55.6 Å². The van der Waals surface area contributed by atoms with E-state index in [0.29, 0.717) is 43.6 Å². The van der Waals surface area contributed by atoms with Crippen molar-refractivity contribution in [3.05, 3.63) is 47.5 Å². The molecular weight excluding hydrogens is 553 g/mol. The first kappa shape index (κ1) is 30.8. The van der Waals surface area contributed by atoms with Gasteiger partial charge < -0.3 is 25.0 Å². The Hall–Kier alpha value is -3.60. The van der Waals surface area contributed by atoms with Crippen molar-refractivity contribution in [3.63, 3.8) is 0 Å².